The molecule has 0 unspecified atom stereocenters. The summed E-state index contributed by atoms with van der Waals surface area (Å²) in [5.74, 6) is 0.519. The third-order valence-electron chi connectivity index (χ3n) is 3.21. The Morgan fingerprint density at radius 3 is 2.55 bits per heavy atom. The van der Waals surface area contributed by atoms with Crippen LogP contribution in [0.2, 0.25) is 0 Å². The molecule has 0 bridgehead atoms. The van der Waals surface area contributed by atoms with E-state index in [0.717, 1.165) is 17.1 Å². The number of benzene rings is 2. The van der Waals surface area contributed by atoms with Crippen LogP contribution in [0.4, 0.5) is 13.2 Å². The highest BCUT2D eigenvalue weighted by Crippen LogP contribution is 2.32. The van der Waals surface area contributed by atoms with Crippen molar-refractivity contribution >= 4 is 17.2 Å². The SMILES string of the molecule is FC(F)(F)c1ccccc1CN=Cc1nc2ccccc2[nH]1. The summed E-state index contributed by atoms with van der Waals surface area (Å²) in [6.45, 7) is -0.0489. The quantitative estimate of drug-likeness (QED) is 0.724. The number of aromatic nitrogens is 2. The molecule has 3 nitrogen and oxygen atoms in total. The minimum absolute atomic E-state index is 0.0489. The smallest absolute Gasteiger partial charge is 0.337 e. The van der Waals surface area contributed by atoms with E-state index >= 15 is 0 Å². The maximum absolute atomic E-state index is 12.9. The minimum Gasteiger partial charge on any atom is -0.337 e. The van der Waals surface area contributed by atoms with E-state index in [1.165, 1.54) is 18.3 Å². The Morgan fingerprint density at radius 2 is 1.77 bits per heavy atom. The van der Waals surface area contributed by atoms with Gasteiger partial charge in [0.1, 0.15) is 5.82 Å². The van der Waals surface area contributed by atoms with Gasteiger partial charge >= 0.3 is 6.18 Å². The number of hydrogen-bond donors (Lipinski definition) is 1. The fourth-order valence-electron chi connectivity index (χ4n) is 2.20. The van der Waals surface area contributed by atoms with E-state index < -0.39 is 11.7 Å². The van der Waals surface area contributed by atoms with Gasteiger partial charge in [0, 0.05) is 0 Å². The number of hydrogen-bond acceptors (Lipinski definition) is 2. The highest BCUT2D eigenvalue weighted by Gasteiger charge is 2.32. The maximum atomic E-state index is 12.9. The van der Waals surface area contributed by atoms with Crippen LogP contribution in [-0.2, 0) is 12.7 Å². The lowest BCUT2D eigenvalue weighted by Gasteiger charge is -2.10. The first-order chi connectivity index (χ1) is 10.5. The molecule has 0 amide bonds. The van der Waals surface area contributed by atoms with E-state index in [0.29, 0.717) is 5.82 Å². The number of halogens is 3. The van der Waals surface area contributed by atoms with Crippen molar-refractivity contribution in [2.24, 2.45) is 4.99 Å². The largest absolute Gasteiger partial charge is 0.416 e. The first-order valence-electron chi connectivity index (χ1n) is 6.64. The Morgan fingerprint density at radius 1 is 1.05 bits per heavy atom. The van der Waals surface area contributed by atoms with Gasteiger partial charge in [-0.15, -0.1) is 0 Å². The predicted octanol–water partition coefficient (Wildman–Crippen LogP) is 4.20. The van der Waals surface area contributed by atoms with Gasteiger partial charge in [-0.3, -0.25) is 4.99 Å². The molecule has 22 heavy (non-hydrogen) atoms. The third-order valence-corrected chi connectivity index (χ3v) is 3.21. The van der Waals surface area contributed by atoms with Crippen LogP contribution in [-0.4, -0.2) is 16.2 Å². The van der Waals surface area contributed by atoms with E-state index in [1.807, 2.05) is 24.3 Å². The molecule has 0 spiro atoms. The van der Waals surface area contributed by atoms with Crippen LogP contribution < -0.4 is 0 Å². The summed E-state index contributed by atoms with van der Waals surface area (Å²) in [6, 6.07) is 12.9. The molecule has 6 heteroatoms. The number of H-pyrrole nitrogens is 1. The molecule has 0 radical (unpaired) electrons. The average molecular weight is 303 g/mol. The number of rotatable bonds is 3. The Balaban J connectivity index is 1.80. The van der Waals surface area contributed by atoms with Crippen molar-refractivity contribution in [3.8, 4) is 0 Å². The Kier molecular flexibility index (Phi) is 3.66. The molecule has 0 saturated carbocycles. The van der Waals surface area contributed by atoms with Crippen molar-refractivity contribution in [3.63, 3.8) is 0 Å². The molecular formula is C16H12F3N3. The second-order valence-corrected chi connectivity index (χ2v) is 4.76. The molecule has 1 heterocycles. The topological polar surface area (TPSA) is 41.0 Å². The molecule has 3 aromatic rings. The third kappa shape index (κ3) is 3.00. The van der Waals surface area contributed by atoms with Gasteiger partial charge < -0.3 is 4.98 Å². The zero-order chi connectivity index (χ0) is 15.6. The van der Waals surface area contributed by atoms with Crippen LogP contribution in [0.25, 0.3) is 11.0 Å². The van der Waals surface area contributed by atoms with Crippen molar-refractivity contribution in [3.05, 3.63) is 65.5 Å². The fourth-order valence-corrected chi connectivity index (χ4v) is 2.20. The van der Waals surface area contributed by atoms with Crippen LogP contribution in [0, 0.1) is 0 Å². The molecule has 1 aromatic heterocycles. The van der Waals surface area contributed by atoms with Gasteiger partial charge in [0.25, 0.3) is 0 Å². The Labute approximate surface area is 124 Å². The number of alkyl halides is 3. The molecule has 2 aromatic carbocycles. The van der Waals surface area contributed by atoms with Gasteiger partial charge in [0.2, 0.25) is 0 Å². The lowest BCUT2D eigenvalue weighted by Crippen LogP contribution is -2.08. The number of aliphatic imine (C=N–C) groups is 1. The summed E-state index contributed by atoms with van der Waals surface area (Å²) in [5, 5.41) is 0. The van der Waals surface area contributed by atoms with E-state index in [-0.39, 0.29) is 12.1 Å². The van der Waals surface area contributed by atoms with E-state index in [4.69, 9.17) is 0 Å². The first kappa shape index (κ1) is 14.3. The van der Waals surface area contributed by atoms with Crippen LogP contribution in [0.15, 0.2) is 53.5 Å². The molecule has 1 N–H and O–H groups in total. The molecule has 0 aliphatic rings. The zero-order valence-electron chi connectivity index (χ0n) is 11.4. The zero-order valence-corrected chi connectivity index (χ0v) is 11.4. The van der Waals surface area contributed by atoms with Crippen LogP contribution in [0.5, 0.6) is 0 Å². The number of fused-ring (bicyclic) bond motifs is 1. The molecule has 112 valence electrons. The summed E-state index contributed by atoms with van der Waals surface area (Å²) in [7, 11) is 0. The standard InChI is InChI=1S/C16H12F3N3/c17-16(18,19)12-6-2-1-5-11(12)9-20-10-15-21-13-7-3-4-8-14(13)22-15/h1-8,10H,9H2,(H,21,22). The molecule has 0 aliphatic heterocycles. The summed E-state index contributed by atoms with van der Waals surface area (Å²) in [4.78, 5) is 11.4. The Bertz CT molecular complexity index is 786. The lowest BCUT2D eigenvalue weighted by atomic mass is 10.1. The minimum atomic E-state index is -4.37. The highest BCUT2D eigenvalue weighted by molar-refractivity contribution is 5.83. The number of aromatic amines is 1. The fraction of sp³-hybridized carbons (Fsp3) is 0.125. The normalized spacial score (nSPS) is 12.3. The molecule has 3 rings (SSSR count). The van der Waals surface area contributed by atoms with Gasteiger partial charge in [-0.25, -0.2) is 4.98 Å². The van der Waals surface area contributed by atoms with Crippen LogP contribution in [0.1, 0.15) is 17.0 Å². The second kappa shape index (κ2) is 5.63. The molecular weight excluding hydrogens is 291 g/mol. The molecule has 0 aliphatic carbocycles. The van der Waals surface area contributed by atoms with E-state index in [2.05, 4.69) is 15.0 Å². The van der Waals surface area contributed by atoms with Crippen LogP contribution >= 0.6 is 0 Å². The maximum Gasteiger partial charge on any atom is 0.416 e. The molecule has 0 saturated heterocycles. The number of para-hydroxylation sites is 2. The van der Waals surface area contributed by atoms with Crippen molar-refractivity contribution in [2.75, 3.05) is 0 Å². The highest BCUT2D eigenvalue weighted by atomic mass is 19.4. The number of nitrogens with one attached hydrogen (secondary N) is 1. The van der Waals surface area contributed by atoms with Crippen molar-refractivity contribution in [1.82, 2.24) is 9.97 Å². The Hall–Kier alpha value is -2.63. The molecule has 0 atom stereocenters. The number of nitrogens with zero attached hydrogens (tertiary/aromatic N) is 2. The van der Waals surface area contributed by atoms with Gasteiger partial charge in [0.05, 0.1) is 29.4 Å². The van der Waals surface area contributed by atoms with Crippen molar-refractivity contribution in [2.45, 2.75) is 12.7 Å². The van der Waals surface area contributed by atoms with Crippen LogP contribution in [0.3, 0.4) is 0 Å². The van der Waals surface area contributed by atoms with Gasteiger partial charge in [-0.05, 0) is 23.8 Å². The van der Waals surface area contributed by atoms with Crippen molar-refractivity contribution < 1.29 is 13.2 Å². The average Bonchev–Trinajstić information content (AvgIpc) is 2.89. The van der Waals surface area contributed by atoms with Gasteiger partial charge in [0.15, 0.2) is 0 Å². The second-order valence-electron chi connectivity index (χ2n) is 4.76. The van der Waals surface area contributed by atoms with Crippen molar-refractivity contribution in [1.29, 1.82) is 0 Å². The number of imidazole rings is 1. The predicted molar refractivity (Wildman–Crippen MR) is 78.8 cm³/mol. The molecule has 0 fully saturated rings. The summed E-state index contributed by atoms with van der Waals surface area (Å²) < 4.78 is 38.6. The van der Waals surface area contributed by atoms with Gasteiger partial charge in [-0.1, -0.05) is 30.3 Å². The summed E-state index contributed by atoms with van der Waals surface area (Å²) in [6.07, 6.45) is -2.92. The van der Waals surface area contributed by atoms with E-state index in [9.17, 15) is 13.2 Å². The summed E-state index contributed by atoms with van der Waals surface area (Å²) in [5.41, 5.74) is 1.14. The monoisotopic (exact) mass is 303 g/mol. The van der Waals surface area contributed by atoms with Gasteiger partial charge in [-0.2, -0.15) is 13.2 Å². The summed E-state index contributed by atoms with van der Waals surface area (Å²) >= 11 is 0. The lowest BCUT2D eigenvalue weighted by molar-refractivity contribution is -0.138. The van der Waals surface area contributed by atoms with E-state index in [1.54, 1.807) is 6.07 Å². The first-order valence-corrected chi connectivity index (χ1v) is 6.64.